The summed E-state index contributed by atoms with van der Waals surface area (Å²) in [7, 11) is 0. The highest BCUT2D eigenvalue weighted by Gasteiger charge is 2.28. The maximum Gasteiger partial charge on any atom is 0.126 e. The Morgan fingerprint density at radius 1 is 1.47 bits per heavy atom. The third kappa shape index (κ3) is 1.84. The first-order chi connectivity index (χ1) is 8.31. The van der Waals surface area contributed by atoms with Crippen LogP contribution in [0.15, 0.2) is 6.07 Å². The number of benzene rings is 1. The fraction of sp³-hybridized carbons (Fsp3) is 0.571. The summed E-state index contributed by atoms with van der Waals surface area (Å²) in [6, 6.07) is 2.52. The summed E-state index contributed by atoms with van der Waals surface area (Å²) in [6.07, 6.45) is 4.52. The molecule has 0 amide bonds. The summed E-state index contributed by atoms with van der Waals surface area (Å²) >= 11 is 6.46. The van der Waals surface area contributed by atoms with Crippen molar-refractivity contribution in [3.05, 3.63) is 27.8 Å². The Morgan fingerprint density at radius 2 is 2.35 bits per heavy atom. The van der Waals surface area contributed by atoms with Gasteiger partial charge in [0.1, 0.15) is 5.75 Å². The van der Waals surface area contributed by atoms with Crippen LogP contribution in [-0.4, -0.2) is 13.2 Å². The minimum Gasteiger partial charge on any atom is -0.493 e. The lowest BCUT2D eigenvalue weighted by atomic mass is 9.85. The van der Waals surface area contributed by atoms with Gasteiger partial charge in [-0.05, 0) is 43.0 Å². The van der Waals surface area contributed by atoms with E-state index in [9.17, 15) is 0 Å². The van der Waals surface area contributed by atoms with Crippen molar-refractivity contribution in [2.24, 2.45) is 0 Å². The summed E-state index contributed by atoms with van der Waals surface area (Å²) < 4.78 is 5.79. The van der Waals surface area contributed by atoms with Gasteiger partial charge in [-0.3, -0.25) is 0 Å². The van der Waals surface area contributed by atoms with Gasteiger partial charge in [-0.1, -0.05) is 18.5 Å². The van der Waals surface area contributed by atoms with Gasteiger partial charge in [-0.15, -0.1) is 0 Å². The Bertz CT molecular complexity index is 444. The van der Waals surface area contributed by atoms with E-state index >= 15 is 0 Å². The van der Waals surface area contributed by atoms with E-state index < -0.39 is 0 Å². The third-order valence-corrected chi connectivity index (χ3v) is 4.10. The Hall–Kier alpha value is -0.730. The van der Waals surface area contributed by atoms with Crippen LogP contribution in [0.4, 0.5) is 0 Å². The normalized spacial score (nSPS) is 21.9. The molecule has 1 aliphatic carbocycles. The predicted molar refractivity (Wildman–Crippen MR) is 70.0 cm³/mol. The Morgan fingerprint density at radius 3 is 3.18 bits per heavy atom. The molecule has 0 saturated heterocycles. The van der Waals surface area contributed by atoms with Crippen LogP contribution in [0.2, 0.25) is 5.02 Å². The molecular formula is C14H18ClNO. The van der Waals surface area contributed by atoms with Crippen LogP contribution in [0.5, 0.6) is 5.75 Å². The van der Waals surface area contributed by atoms with Crippen LogP contribution in [0, 0.1) is 0 Å². The van der Waals surface area contributed by atoms with Crippen molar-refractivity contribution < 1.29 is 4.74 Å². The predicted octanol–water partition coefficient (Wildman–Crippen LogP) is 3.26. The van der Waals surface area contributed by atoms with Gasteiger partial charge in [0.25, 0.3) is 0 Å². The molecule has 2 aliphatic rings. The van der Waals surface area contributed by atoms with Crippen molar-refractivity contribution >= 4 is 11.6 Å². The molecule has 2 nitrogen and oxygen atoms in total. The van der Waals surface area contributed by atoms with Crippen LogP contribution in [0.25, 0.3) is 0 Å². The van der Waals surface area contributed by atoms with Gasteiger partial charge in [-0.2, -0.15) is 0 Å². The highest BCUT2D eigenvalue weighted by molar-refractivity contribution is 6.31. The zero-order valence-corrected chi connectivity index (χ0v) is 10.9. The van der Waals surface area contributed by atoms with Crippen LogP contribution in [-0.2, 0) is 12.8 Å². The molecule has 0 aromatic heterocycles. The average molecular weight is 252 g/mol. The first-order valence-electron chi connectivity index (χ1n) is 6.51. The summed E-state index contributed by atoms with van der Waals surface area (Å²) in [6.45, 7) is 3.94. The average Bonchev–Trinajstić information content (AvgIpc) is 2.78. The Labute approximate surface area is 107 Å². The van der Waals surface area contributed by atoms with Crippen molar-refractivity contribution in [3.63, 3.8) is 0 Å². The molecule has 1 atom stereocenters. The van der Waals surface area contributed by atoms with Gasteiger partial charge in [0.05, 0.1) is 6.61 Å². The molecule has 1 aliphatic heterocycles. The van der Waals surface area contributed by atoms with Gasteiger partial charge < -0.3 is 10.1 Å². The lowest BCUT2D eigenvalue weighted by molar-refractivity contribution is 0.348. The standard InChI is InChI=1S/C14H18ClNO/c1-2-16-12-5-3-4-10-13(12)11(15)8-9-6-7-17-14(9)10/h8,12,16H,2-7H2,1H3. The molecular weight excluding hydrogens is 234 g/mol. The zero-order valence-electron chi connectivity index (χ0n) is 10.2. The number of halogens is 1. The number of fused-ring (bicyclic) bond motifs is 3. The molecule has 0 saturated carbocycles. The molecule has 1 aromatic carbocycles. The van der Waals surface area contributed by atoms with Gasteiger partial charge in [0.2, 0.25) is 0 Å². The second-order valence-electron chi connectivity index (χ2n) is 4.84. The third-order valence-electron chi connectivity index (χ3n) is 3.79. The van der Waals surface area contributed by atoms with Crippen LogP contribution in [0.1, 0.15) is 42.5 Å². The van der Waals surface area contributed by atoms with Crippen LogP contribution in [0.3, 0.4) is 0 Å². The molecule has 0 fully saturated rings. The van der Waals surface area contributed by atoms with E-state index in [1.165, 1.54) is 29.5 Å². The van der Waals surface area contributed by atoms with Crippen LogP contribution < -0.4 is 10.1 Å². The van der Waals surface area contributed by atoms with Gasteiger partial charge in [-0.25, -0.2) is 0 Å². The van der Waals surface area contributed by atoms with Crippen molar-refractivity contribution in [1.82, 2.24) is 5.32 Å². The van der Waals surface area contributed by atoms with Crippen molar-refractivity contribution in [3.8, 4) is 5.75 Å². The van der Waals surface area contributed by atoms with Crippen molar-refractivity contribution in [2.45, 2.75) is 38.6 Å². The maximum absolute atomic E-state index is 6.46. The van der Waals surface area contributed by atoms with E-state index in [-0.39, 0.29) is 0 Å². The Balaban J connectivity index is 2.11. The van der Waals surface area contributed by atoms with E-state index in [1.807, 2.05) is 0 Å². The molecule has 1 aromatic rings. The quantitative estimate of drug-likeness (QED) is 0.871. The first-order valence-corrected chi connectivity index (χ1v) is 6.89. The highest BCUT2D eigenvalue weighted by atomic mass is 35.5. The van der Waals surface area contributed by atoms with Gasteiger partial charge in [0.15, 0.2) is 0 Å². The molecule has 3 rings (SSSR count). The second kappa shape index (κ2) is 4.51. The SMILES string of the molecule is CCNC1CCCc2c3c(cc(Cl)c21)CCO3. The van der Waals surface area contributed by atoms with E-state index in [2.05, 4.69) is 18.3 Å². The molecule has 1 unspecified atom stereocenters. The first kappa shape index (κ1) is 11.4. The fourth-order valence-electron chi connectivity index (χ4n) is 3.09. The summed E-state index contributed by atoms with van der Waals surface area (Å²) in [5.74, 6) is 1.13. The summed E-state index contributed by atoms with van der Waals surface area (Å²) in [5, 5.41) is 4.46. The van der Waals surface area contributed by atoms with Crippen molar-refractivity contribution in [2.75, 3.05) is 13.2 Å². The molecule has 0 radical (unpaired) electrons. The number of hydrogen-bond acceptors (Lipinski definition) is 2. The molecule has 1 heterocycles. The molecule has 1 N–H and O–H groups in total. The van der Waals surface area contributed by atoms with Gasteiger partial charge >= 0.3 is 0 Å². The molecule has 3 heteroatoms. The molecule has 92 valence electrons. The maximum atomic E-state index is 6.46. The summed E-state index contributed by atoms with van der Waals surface area (Å²) in [5.41, 5.74) is 3.95. The largest absolute Gasteiger partial charge is 0.493 e. The second-order valence-corrected chi connectivity index (χ2v) is 5.25. The zero-order chi connectivity index (χ0) is 11.8. The number of hydrogen-bond donors (Lipinski definition) is 1. The van der Waals surface area contributed by atoms with E-state index in [0.29, 0.717) is 6.04 Å². The smallest absolute Gasteiger partial charge is 0.126 e. The number of ether oxygens (including phenoxy) is 1. The monoisotopic (exact) mass is 251 g/mol. The minimum absolute atomic E-state index is 0.408. The summed E-state index contributed by atoms with van der Waals surface area (Å²) in [4.78, 5) is 0. The van der Waals surface area contributed by atoms with E-state index in [1.54, 1.807) is 0 Å². The van der Waals surface area contributed by atoms with Crippen molar-refractivity contribution in [1.29, 1.82) is 0 Å². The van der Waals surface area contributed by atoms with E-state index in [4.69, 9.17) is 16.3 Å². The number of rotatable bonds is 2. The lowest BCUT2D eigenvalue weighted by Gasteiger charge is -2.28. The number of nitrogens with one attached hydrogen (secondary N) is 1. The molecule has 0 spiro atoms. The topological polar surface area (TPSA) is 21.3 Å². The molecule has 0 bridgehead atoms. The molecule has 17 heavy (non-hydrogen) atoms. The fourth-order valence-corrected chi connectivity index (χ4v) is 3.47. The van der Waals surface area contributed by atoms with Crippen LogP contribution >= 0.6 is 11.6 Å². The Kier molecular flexibility index (Phi) is 3.01. The lowest BCUT2D eigenvalue weighted by Crippen LogP contribution is -2.25. The van der Waals surface area contributed by atoms with Gasteiger partial charge in [0, 0.05) is 23.0 Å². The highest BCUT2D eigenvalue weighted by Crippen LogP contribution is 2.43. The minimum atomic E-state index is 0.408. The van der Waals surface area contributed by atoms with E-state index in [0.717, 1.165) is 36.8 Å².